The Morgan fingerprint density at radius 1 is 1.24 bits per heavy atom. The van der Waals surface area contributed by atoms with Crippen molar-refractivity contribution in [1.29, 1.82) is 0 Å². The van der Waals surface area contributed by atoms with Crippen LogP contribution < -0.4 is 10.1 Å². The molecular weight excluding hydrogens is 345 g/mol. The van der Waals surface area contributed by atoms with Gasteiger partial charge in [0.05, 0.1) is 11.4 Å². The van der Waals surface area contributed by atoms with E-state index in [1.165, 1.54) is 18.2 Å². The molecule has 0 aliphatic carbocycles. The van der Waals surface area contributed by atoms with Crippen molar-refractivity contribution < 1.29 is 13.9 Å². The molecule has 1 amide bonds. The fraction of sp³-hybridized carbons (Fsp3) is 0.111. The number of nitrogens with zero attached hydrogens (tertiary/aromatic N) is 2. The van der Waals surface area contributed by atoms with Crippen LogP contribution in [0.4, 0.5) is 10.2 Å². The normalized spacial score (nSPS) is 10.5. The summed E-state index contributed by atoms with van der Waals surface area (Å²) < 4.78 is 20.0. The van der Waals surface area contributed by atoms with Crippen LogP contribution in [0.5, 0.6) is 5.75 Å². The summed E-state index contributed by atoms with van der Waals surface area (Å²) in [4.78, 5) is 12.1. The van der Waals surface area contributed by atoms with Crippen LogP contribution in [-0.2, 0) is 4.79 Å². The number of rotatable bonds is 5. The minimum Gasteiger partial charge on any atom is -0.484 e. The lowest BCUT2D eigenvalue weighted by Gasteiger charge is -2.10. The van der Waals surface area contributed by atoms with Crippen molar-refractivity contribution in [3.05, 3.63) is 71.1 Å². The third kappa shape index (κ3) is 4.36. The number of aromatic nitrogens is 2. The fourth-order valence-corrected chi connectivity index (χ4v) is 2.46. The van der Waals surface area contributed by atoms with Gasteiger partial charge >= 0.3 is 0 Å². The first kappa shape index (κ1) is 17.0. The quantitative estimate of drug-likeness (QED) is 0.749. The Bertz CT molecular complexity index is 911. The standard InChI is InChI=1S/C18H15ClFN3O2/c1-12-8-17(23(22-12)15-6-2-4-13(19)9-15)21-18(24)11-25-16-7-3-5-14(20)10-16/h2-10H,11H2,1H3,(H,21,24). The molecule has 1 heterocycles. The van der Waals surface area contributed by atoms with Gasteiger partial charge in [-0.2, -0.15) is 5.10 Å². The molecular formula is C18H15ClFN3O2. The maximum Gasteiger partial charge on any atom is 0.263 e. The van der Waals surface area contributed by atoms with E-state index in [-0.39, 0.29) is 18.3 Å². The zero-order valence-corrected chi connectivity index (χ0v) is 14.1. The molecule has 7 heteroatoms. The van der Waals surface area contributed by atoms with E-state index in [2.05, 4.69) is 10.4 Å². The molecule has 25 heavy (non-hydrogen) atoms. The van der Waals surface area contributed by atoms with Gasteiger partial charge in [-0.05, 0) is 37.3 Å². The Labute approximate surface area is 149 Å². The largest absolute Gasteiger partial charge is 0.484 e. The fourth-order valence-electron chi connectivity index (χ4n) is 2.28. The number of hydrogen-bond acceptors (Lipinski definition) is 3. The summed E-state index contributed by atoms with van der Waals surface area (Å²) in [6.45, 7) is 1.57. The van der Waals surface area contributed by atoms with Gasteiger partial charge in [0.1, 0.15) is 17.4 Å². The van der Waals surface area contributed by atoms with Crippen molar-refractivity contribution in [1.82, 2.24) is 9.78 Å². The number of nitrogens with one attached hydrogen (secondary N) is 1. The Kier molecular flexibility index (Phi) is 5.00. The Morgan fingerprint density at radius 3 is 2.80 bits per heavy atom. The molecule has 0 radical (unpaired) electrons. The molecule has 0 unspecified atom stereocenters. The third-order valence-corrected chi connectivity index (χ3v) is 3.55. The molecule has 5 nitrogen and oxygen atoms in total. The topological polar surface area (TPSA) is 56.1 Å². The van der Waals surface area contributed by atoms with E-state index >= 15 is 0 Å². The molecule has 0 bridgehead atoms. The van der Waals surface area contributed by atoms with Gasteiger partial charge in [0.25, 0.3) is 5.91 Å². The van der Waals surface area contributed by atoms with Gasteiger partial charge in [-0.3, -0.25) is 4.79 Å². The summed E-state index contributed by atoms with van der Waals surface area (Å²) in [5.74, 6) is -0.0257. The third-order valence-electron chi connectivity index (χ3n) is 3.32. The van der Waals surface area contributed by atoms with Gasteiger partial charge in [0, 0.05) is 17.2 Å². The Morgan fingerprint density at radius 2 is 2.04 bits per heavy atom. The summed E-state index contributed by atoms with van der Waals surface area (Å²) >= 11 is 6.01. The zero-order chi connectivity index (χ0) is 17.8. The highest BCUT2D eigenvalue weighted by molar-refractivity contribution is 6.30. The zero-order valence-electron chi connectivity index (χ0n) is 13.4. The summed E-state index contributed by atoms with van der Waals surface area (Å²) in [5, 5.41) is 7.66. The molecule has 0 aliphatic rings. The first-order chi connectivity index (χ1) is 12.0. The van der Waals surface area contributed by atoms with Gasteiger partial charge in [0.2, 0.25) is 0 Å². The molecule has 0 fully saturated rings. The van der Waals surface area contributed by atoms with Gasteiger partial charge in [0.15, 0.2) is 6.61 Å². The van der Waals surface area contributed by atoms with Crippen molar-refractivity contribution in [2.45, 2.75) is 6.92 Å². The molecule has 1 aromatic heterocycles. The SMILES string of the molecule is Cc1cc(NC(=O)COc2cccc(F)c2)n(-c2cccc(Cl)c2)n1. The van der Waals surface area contributed by atoms with Crippen molar-refractivity contribution in [3.8, 4) is 11.4 Å². The molecule has 0 atom stereocenters. The van der Waals surface area contributed by atoms with Crippen LogP contribution in [0, 0.1) is 12.7 Å². The number of benzene rings is 2. The van der Waals surface area contributed by atoms with E-state index < -0.39 is 5.82 Å². The molecule has 0 spiro atoms. The second-order valence-corrected chi connectivity index (χ2v) is 5.79. The van der Waals surface area contributed by atoms with E-state index in [9.17, 15) is 9.18 Å². The average Bonchev–Trinajstić information content (AvgIpc) is 2.93. The van der Waals surface area contributed by atoms with Gasteiger partial charge in [-0.1, -0.05) is 23.7 Å². The number of halogens is 2. The molecule has 0 aliphatic heterocycles. The van der Waals surface area contributed by atoms with E-state index in [4.69, 9.17) is 16.3 Å². The van der Waals surface area contributed by atoms with Crippen LogP contribution in [0.15, 0.2) is 54.6 Å². The molecule has 1 N–H and O–H groups in total. The minimum atomic E-state index is -0.424. The highest BCUT2D eigenvalue weighted by Crippen LogP contribution is 2.20. The minimum absolute atomic E-state index is 0.247. The summed E-state index contributed by atoms with van der Waals surface area (Å²) in [7, 11) is 0. The van der Waals surface area contributed by atoms with Gasteiger partial charge < -0.3 is 10.1 Å². The monoisotopic (exact) mass is 359 g/mol. The average molecular weight is 360 g/mol. The number of hydrogen-bond donors (Lipinski definition) is 1. The molecule has 3 rings (SSSR count). The van der Waals surface area contributed by atoms with E-state index in [1.807, 2.05) is 13.0 Å². The highest BCUT2D eigenvalue weighted by Gasteiger charge is 2.12. The highest BCUT2D eigenvalue weighted by atomic mass is 35.5. The van der Waals surface area contributed by atoms with Gasteiger partial charge in [-0.25, -0.2) is 9.07 Å². The lowest BCUT2D eigenvalue weighted by molar-refractivity contribution is -0.118. The number of ether oxygens (including phenoxy) is 1. The maximum atomic E-state index is 13.1. The lowest BCUT2D eigenvalue weighted by Crippen LogP contribution is -2.21. The van der Waals surface area contributed by atoms with Crippen molar-refractivity contribution in [3.63, 3.8) is 0 Å². The number of carbonyl (C=O) groups excluding carboxylic acids is 1. The second kappa shape index (κ2) is 7.36. The van der Waals surface area contributed by atoms with Crippen LogP contribution >= 0.6 is 11.6 Å². The van der Waals surface area contributed by atoms with Crippen molar-refractivity contribution >= 4 is 23.3 Å². The van der Waals surface area contributed by atoms with Crippen LogP contribution in [0.3, 0.4) is 0 Å². The smallest absolute Gasteiger partial charge is 0.263 e. The van der Waals surface area contributed by atoms with Gasteiger partial charge in [-0.15, -0.1) is 0 Å². The molecule has 0 saturated carbocycles. The lowest BCUT2D eigenvalue weighted by atomic mass is 10.3. The molecule has 3 aromatic rings. The second-order valence-electron chi connectivity index (χ2n) is 5.36. The van der Waals surface area contributed by atoms with Crippen LogP contribution in [0.2, 0.25) is 5.02 Å². The predicted octanol–water partition coefficient (Wildman–Crippen LogP) is 3.99. The summed E-state index contributed by atoms with van der Waals surface area (Å²) in [6.07, 6.45) is 0. The Balaban J connectivity index is 1.71. The maximum absolute atomic E-state index is 13.1. The van der Waals surface area contributed by atoms with Crippen molar-refractivity contribution in [2.75, 3.05) is 11.9 Å². The van der Waals surface area contributed by atoms with Crippen LogP contribution in [0.1, 0.15) is 5.69 Å². The Hall–Kier alpha value is -2.86. The first-order valence-corrected chi connectivity index (χ1v) is 7.90. The predicted molar refractivity (Wildman–Crippen MR) is 93.8 cm³/mol. The summed E-state index contributed by atoms with van der Waals surface area (Å²) in [6, 6.07) is 14.5. The number of amides is 1. The first-order valence-electron chi connectivity index (χ1n) is 7.52. The van der Waals surface area contributed by atoms with Crippen molar-refractivity contribution in [2.24, 2.45) is 0 Å². The van der Waals surface area contributed by atoms with Crippen LogP contribution in [0.25, 0.3) is 5.69 Å². The van der Waals surface area contributed by atoms with E-state index in [0.29, 0.717) is 10.8 Å². The molecule has 2 aromatic carbocycles. The van der Waals surface area contributed by atoms with Crippen LogP contribution in [-0.4, -0.2) is 22.3 Å². The molecule has 128 valence electrons. The number of anilines is 1. The number of carbonyl (C=O) groups is 1. The number of aryl methyl sites for hydroxylation is 1. The molecule has 0 saturated heterocycles. The summed E-state index contributed by atoms with van der Waals surface area (Å²) in [5.41, 5.74) is 1.46. The van der Waals surface area contributed by atoms with E-state index in [0.717, 1.165) is 11.4 Å². The van der Waals surface area contributed by atoms with E-state index in [1.54, 1.807) is 35.0 Å².